The second kappa shape index (κ2) is 9.35. The highest BCUT2D eigenvalue weighted by molar-refractivity contribution is 5.78. The van der Waals surface area contributed by atoms with Crippen molar-refractivity contribution >= 4 is 5.91 Å². The molecule has 0 aliphatic heterocycles. The summed E-state index contributed by atoms with van der Waals surface area (Å²) < 4.78 is 0. The summed E-state index contributed by atoms with van der Waals surface area (Å²) in [4.78, 5) is 12.2. The average molecular weight is 268 g/mol. The molecule has 0 aromatic rings. The Hall–Kier alpha value is -0.570. The van der Waals surface area contributed by atoms with Gasteiger partial charge in [-0.2, -0.15) is 0 Å². The molecule has 0 spiro atoms. The maximum atomic E-state index is 12.2. The van der Waals surface area contributed by atoms with E-state index in [0.717, 1.165) is 38.8 Å². The second-order valence-corrected chi connectivity index (χ2v) is 6.06. The lowest BCUT2D eigenvalue weighted by Gasteiger charge is -2.31. The minimum Gasteiger partial charge on any atom is -0.356 e. The van der Waals surface area contributed by atoms with E-state index in [-0.39, 0.29) is 11.8 Å². The van der Waals surface area contributed by atoms with Crippen LogP contribution in [0, 0.1) is 17.8 Å². The smallest absolute Gasteiger partial charge is 0.223 e. The zero-order valence-electron chi connectivity index (χ0n) is 12.8. The van der Waals surface area contributed by atoms with Crippen molar-refractivity contribution in [2.75, 3.05) is 13.1 Å². The molecular weight excluding hydrogens is 236 g/mol. The van der Waals surface area contributed by atoms with Crippen LogP contribution >= 0.6 is 0 Å². The molecule has 3 heteroatoms. The Balaban J connectivity index is 2.38. The fraction of sp³-hybridized carbons (Fsp3) is 0.938. The summed E-state index contributed by atoms with van der Waals surface area (Å²) >= 11 is 0. The van der Waals surface area contributed by atoms with Gasteiger partial charge in [-0.15, -0.1) is 0 Å². The SMILES string of the molecule is CCCC(CCC)C(=O)NCC1CCCCC1CN. The van der Waals surface area contributed by atoms with Crippen LogP contribution in [0.4, 0.5) is 0 Å². The first kappa shape index (κ1) is 16.5. The molecule has 0 heterocycles. The van der Waals surface area contributed by atoms with E-state index >= 15 is 0 Å². The molecule has 1 rings (SSSR count). The number of carbonyl (C=O) groups excluding carboxylic acids is 1. The Bertz CT molecular complexity index is 249. The van der Waals surface area contributed by atoms with Crippen LogP contribution in [0.15, 0.2) is 0 Å². The molecular formula is C16H32N2O. The molecule has 0 bridgehead atoms. The molecule has 1 fully saturated rings. The van der Waals surface area contributed by atoms with Crippen molar-refractivity contribution in [2.24, 2.45) is 23.5 Å². The third-order valence-electron chi connectivity index (χ3n) is 4.55. The number of hydrogen-bond donors (Lipinski definition) is 2. The Morgan fingerprint density at radius 1 is 1.16 bits per heavy atom. The third kappa shape index (κ3) is 5.52. The molecule has 1 amide bonds. The predicted molar refractivity (Wildman–Crippen MR) is 80.8 cm³/mol. The zero-order chi connectivity index (χ0) is 14.1. The lowest BCUT2D eigenvalue weighted by atomic mass is 9.79. The van der Waals surface area contributed by atoms with Crippen LogP contribution in [0.3, 0.4) is 0 Å². The highest BCUT2D eigenvalue weighted by Crippen LogP contribution is 2.28. The predicted octanol–water partition coefficient (Wildman–Crippen LogP) is 3.08. The number of rotatable bonds is 8. The molecule has 1 aliphatic carbocycles. The number of carbonyl (C=O) groups is 1. The Morgan fingerprint density at radius 3 is 2.26 bits per heavy atom. The van der Waals surface area contributed by atoms with E-state index in [4.69, 9.17) is 5.73 Å². The van der Waals surface area contributed by atoms with Gasteiger partial charge >= 0.3 is 0 Å². The fourth-order valence-corrected chi connectivity index (χ4v) is 3.34. The number of hydrogen-bond acceptors (Lipinski definition) is 2. The number of amides is 1. The van der Waals surface area contributed by atoms with Gasteiger partial charge in [0.15, 0.2) is 0 Å². The highest BCUT2D eigenvalue weighted by Gasteiger charge is 2.25. The van der Waals surface area contributed by atoms with Crippen LogP contribution in [0.1, 0.15) is 65.2 Å². The molecule has 2 unspecified atom stereocenters. The highest BCUT2D eigenvalue weighted by atomic mass is 16.1. The first-order chi connectivity index (χ1) is 9.22. The standard InChI is InChI=1S/C16H32N2O/c1-3-7-13(8-4-2)16(19)18-12-15-10-6-5-9-14(15)11-17/h13-15H,3-12,17H2,1-2H3,(H,18,19). The summed E-state index contributed by atoms with van der Waals surface area (Å²) in [5, 5.41) is 3.19. The summed E-state index contributed by atoms with van der Waals surface area (Å²) in [6.07, 6.45) is 9.29. The van der Waals surface area contributed by atoms with Crippen molar-refractivity contribution in [3.05, 3.63) is 0 Å². The molecule has 3 nitrogen and oxygen atoms in total. The number of nitrogens with one attached hydrogen (secondary N) is 1. The van der Waals surface area contributed by atoms with Crippen molar-refractivity contribution in [1.82, 2.24) is 5.32 Å². The van der Waals surface area contributed by atoms with Gasteiger partial charge in [0, 0.05) is 12.5 Å². The maximum absolute atomic E-state index is 12.2. The van der Waals surface area contributed by atoms with E-state index in [1.165, 1.54) is 25.7 Å². The van der Waals surface area contributed by atoms with Crippen molar-refractivity contribution in [3.8, 4) is 0 Å². The van der Waals surface area contributed by atoms with Crippen molar-refractivity contribution in [2.45, 2.75) is 65.2 Å². The largest absolute Gasteiger partial charge is 0.356 e. The monoisotopic (exact) mass is 268 g/mol. The van der Waals surface area contributed by atoms with Crippen molar-refractivity contribution in [1.29, 1.82) is 0 Å². The molecule has 3 N–H and O–H groups in total. The van der Waals surface area contributed by atoms with Crippen LogP contribution < -0.4 is 11.1 Å². The molecule has 2 atom stereocenters. The first-order valence-corrected chi connectivity index (χ1v) is 8.20. The molecule has 0 aromatic carbocycles. The van der Waals surface area contributed by atoms with Crippen LogP contribution in [0.2, 0.25) is 0 Å². The molecule has 112 valence electrons. The van der Waals surface area contributed by atoms with Gasteiger partial charge in [-0.05, 0) is 44.1 Å². The second-order valence-electron chi connectivity index (χ2n) is 6.06. The lowest BCUT2D eigenvalue weighted by molar-refractivity contribution is -0.125. The minimum absolute atomic E-state index is 0.218. The molecule has 1 aliphatic rings. The van der Waals surface area contributed by atoms with Crippen LogP contribution in [-0.4, -0.2) is 19.0 Å². The molecule has 0 aromatic heterocycles. The van der Waals surface area contributed by atoms with E-state index in [1.54, 1.807) is 0 Å². The Kier molecular flexibility index (Phi) is 8.11. The van der Waals surface area contributed by atoms with E-state index < -0.39 is 0 Å². The first-order valence-electron chi connectivity index (χ1n) is 8.20. The normalized spacial score (nSPS) is 23.6. The van der Waals surface area contributed by atoms with Gasteiger partial charge in [0.1, 0.15) is 0 Å². The molecule has 1 saturated carbocycles. The summed E-state index contributed by atoms with van der Waals surface area (Å²) in [7, 11) is 0. The van der Waals surface area contributed by atoms with E-state index in [0.29, 0.717) is 11.8 Å². The fourth-order valence-electron chi connectivity index (χ4n) is 3.34. The third-order valence-corrected chi connectivity index (χ3v) is 4.55. The van der Waals surface area contributed by atoms with Crippen molar-refractivity contribution < 1.29 is 4.79 Å². The quantitative estimate of drug-likeness (QED) is 0.711. The lowest BCUT2D eigenvalue weighted by Crippen LogP contribution is -2.39. The topological polar surface area (TPSA) is 55.1 Å². The van der Waals surface area contributed by atoms with E-state index in [2.05, 4.69) is 19.2 Å². The maximum Gasteiger partial charge on any atom is 0.223 e. The van der Waals surface area contributed by atoms with Crippen LogP contribution in [-0.2, 0) is 4.79 Å². The van der Waals surface area contributed by atoms with Gasteiger partial charge in [-0.1, -0.05) is 39.5 Å². The van der Waals surface area contributed by atoms with Crippen molar-refractivity contribution in [3.63, 3.8) is 0 Å². The zero-order valence-corrected chi connectivity index (χ0v) is 12.8. The van der Waals surface area contributed by atoms with Gasteiger partial charge < -0.3 is 11.1 Å². The Morgan fingerprint density at radius 2 is 1.74 bits per heavy atom. The molecule has 0 saturated heterocycles. The summed E-state index contributed by atoms with van der Waals surface area (Å²) in [5.74, 6) is 1.71. The summed E-state index contributed by atoms with van der Waals surface area (Å²) in [6.45, 7) is 5.92. The van der Waals surface area contributed by atoms with Gasteiger partial charge in [0.05, 0.1) is 0 Å². The Labute approximate surface area is 118 Å². The molecule has 19 heavy (non-hydrogen) atoms. The van der Waals surface area contributed by atoms with Gasteiger partial charge in [0.2, 0.25) is 5.91 Å². The van der Waals surface area contributed by atoms with Gasteiger partial charge in [-0.3, -0.25) is 4.79 Å². The van der Waals surface area contributed by atoms with E-state index in [1.807, 2.05) is 0 Å². The average Bonchev–Trinajstić information content (AvgIpc) is 2.44. The minimum atomic E-state index is 0.218. The number of nitrogens with two attached hydrogens (primary N) is 1. The summed E-state index contributed by atoms with van der Waals surface area (Å²) in [5.41, 5.74) is 5.84. The van der Waals surface area contributed by atoms with Crippen LogP contribution in [0.25, 0.3) is 0 Å². The van der Waals surface area contributed by atoms with Crippen LogP contribution in [0.5, 0.6) is 0 Å². The van der Waals surface area contributed by atoms with Gasteiger partial charge in [0.25, 0.3) is 0 Å². The molecule has 0 radical (unpaired) electrons. The summed E-state index contributed by atoms with van der Waals surface area (Å²) in [6, 6.07) is 0. The van der Waals surface area contributed by atoms with E-state index in [9.17, 15) is 4.79 Å². The van der Waals surface area contributed by atoms with Gasteiger partial charge in [-0.25, -0.2) is 0 Å².